The van der Waals surface area contributed by atoms with E-state index < -0.39 is 0 Å². The molecule has 132 valence electrons. The van der Waals surface area contributed by atoms with Crippen LogP contribution in [0, 0.1) is 6.92 Å². The van der Waals surface area contributed by atoms with Crippen molar-refractivity contribution in [3.05, 3.63) is 71.7 Å². The molecule has 0 aliphatic carbocycles. The van der Waals surface area contributed by atoms with Crippen LogP contribution in [0.1, 0.15) is 16.7 Å². The van der Waals surface area contributed by atoms with Gasteiger partial charge in [0.05, 0.1) is 18.5 Å². The largest absolute Gasteiger partial charge is 0.504 e. The number of aliphatic imine (C=N–C) groups is 1. The summed E-state index contributed by atoms with van der Waals surface area (Å²) < 4.78 is 7.17. The molecule has 1 N–H and O–H groups in total. The highest BCUT2D eigenvalue weighted by Gasteiger charge is 2.23. The Morgan fingerprint density at radius 1 is 1.07 bits per heavy atom. The van der Waals surface area contributed by atoms with E-state index in [9.17, 15) is 5.11 Å². The van der Waals surface area contributed by atoms with E-state index in [4.69, 9.17) is 9.73 Å². The van der Waals surface area contributed by atoms with E-state index >= 15 is 0 Å². The summed E-state index contributed by atoms with van der Waals surface area (Å²) in [5.41, 5.74) is 6.88. The number of aryl methyl sites for hydroxylation is 1. The maximum Gasteiger partial charge on any atom is 0.161 e. The highest BCUT2D eigenvalue weighted by atomic mass is 16.5. The molecule has 2 aromatic carbocycles. The van der Waals surface area contributed by atoms with Crippen molar-refractivity contribution in [1.29, 1.82) is 0 Å². The second-order valence-corrected chi connectivity index (χ2v) is 6.45. The number of hydrogen-bond acceptors (Lipinski definition) is 5. The maximum absolute atomic E-state index is 10.2. The molecule has 0 amide bonds. The van der Waals surface area contributed by atoms with E-state index in [0.29, 0.717) is 5.75 Å². The van der Waals surface area contributed by atoms with Crippen molar-refractivity contribution < 1.29 is 9.84 Å². The zero-order chi connectivity index (χ0) is 18.5. The van der Waals surface area contributed by atoms with Crippen LogP contribution in [0.15, 0.2) is 60.0 Å². The first-order valence-corrected chi connectivity index (χ1v) is 8.56. The molecule has 0 atom stereocenters. The van der Waals surface area contributed by atoms with Crippen LogP contribution < -0.4 is 4.74 Å². The van der Waals surface area contributed by atoms with Gasteiger partial charge in [0.25, 0.3) is 0 Å². The van der Waals surface area contributed by atoms with Crippen molar-refractivity contribution in [2.45, 2.75) is 6.92 Å². The molecule has 0 unspecified atom stereocenters. The molecule has 4 aromatic rings. The Balaban J connectivity index is 1.88. The fourth-order valence-corrected chi connectivity index (χ4v) is 3.55. The number of hydrogen-bond donors (Lipinski definition) is 1. The van der Waals surface area contributed by atoms with Crippen LogP contribution in [0.3, 0.4) is 0 Å². The fraction of sp³-hybridized carbons (Fsp3) is 0.0952. The number of methoxy groups -OCH3 is 1. The van der Waals surface area contributed by atoms with Crippen molar-refractivity contribution in [3.63, 3.8) is 0 Å². The first-order valence-electron chi connectivity index (χ1n) is 8.56. The zero-order valence-corrected chi connectivity index (χ0v) is 14.8. The molecule has 3 heterocycles. The predicted octanol–water partition coefficient (Wildman–Crippen LogP) is 3.90. The number of rotatable bonds is 2. The number of nitrogens with zero attached hydrogens (tertiary/aromatic N) is 4. The number of phenols is 1. The van der Waals surface area contributed by atoms with Crippen LogP contribution in [0.4, 0.5) is 5.69 Å². The Morgan fingerprint density at radius 3 is 2.78 bits per heavy atom. The molecule has 0 bridgehead atoms. The molecule has 0 saturated carbocycles. The number of phenolic OH excluding ortho intramolecular Hbond substituents is 1. The van der Waals surface area contributed by atoms with Gasteiger partial charge in [0.15, 0.2) is 11.5 Å². The molecule has 5 rings (SSSR count). The molecule has 6 nitrogen and oxygen atoms in total. The van der Waals surface area contributed by atoms with Crippen molar-refractivity contribution in [2.24, 2.45) is 4.99 Å². The molecular formula is C21H16N4O2. The van der Waals surface area contributed by atoms with Gasteiger partial charge < -0.3 is 9.84 Å². The summed E-state index contributed by atoms with van der Waals surface area (Å²) in [5.74, 6) is 0.562. The Hall–Kier alpha value is -3.67. The zero-order valence-electron chi connectivity index (χ0n) is 14.8. The second kappa shape index (κ2) is 5.67. The monoisotopic (exact) mass is 356 g/mol. The summed E-state index contributed by atoms with van der Waals surface area (Å²) in [7, 11) is 1.54. The number of fused-ring (bicyclic) bond motifs is 2. The lowest BCUT2D eigenvalue weighted by atomic mass is 10.00. The van der Waals surface area contributed by atoms with E-state index in [0.717, 1.165) is 44.9 Å². The number of aromatic nitrogens is 3. The maximum atomic E-state index is 10.2. The lowest BCUT2D eigenvalue weighted by Crippen LogP contribution is -2.04. The van der Waals surface area contributed by atoms with Crippen LogP contribution in [0.5, 0.6) is 11.5 Å². The van der Waals surface area contributed by atoms with E-state index in [1.54, 1.807) is 13.4 Å². The predicted molar refractivity (Wildman–Crippen MR) is 103 cm³/mol. The first-order chi connectivity index (χ1) is 13.2. The Labute approximate surface area is 155 Å². The van der Waals surface area contributed by atoms with Crippen molar-refractivity contribution in [2.75, 3.05) is 7.11 Å². The Kier molecular flexibility index (Phi) is 3.27. The molecule has 6 heteroatoms. The van der Waals surface area contributed by atoms with Crippen LogP contribution >= 0.6 is 0 Å². The second-order valence-electron chi connectivity index (χ2n) is 6.45. The minimum absolute atomic E-state index is 0.140. The highest BCUT2D eigenvalue weighted by Crippen LogP contribution is 2.39. The van der Waals surface area contributed by atoms with E-state index in [-0.39, 0.29) is 5.75 Å². The van der Waals surface area contributed by atoms with Gasteiger partial charge in [-0.05, 0) is 36.8 Å². The number of benzene rings is 2. The van der Waals surface area contributed by atoms with Gasteiger partial charge in [0.1, 0.15) is 17.5 Å². The van der Waals surface area contributed by atoms with Gasteiger partial charge in [-0.1, -0.05) is 18.2 Å². The summed E-state index contributed by atoms with van der Waals surface area (Å²) >= 11 is 0. The lowest BCUT2D eigenvalue weighted by Gasteiger charge is -2.11. The van der Waals surface area contributed by atoms with Crippen LogP contribution in [0.25, 0.3) is 16.8 Å². The quantitative estimate of drug-likeness (QED) is 0.521. The van der Waals surface area contributed by atoms with Gasteiger partial charge in [0.2, 0.25) is 0 Å². The third-order valence-corrected chi connectivity index (χ3v) is 4.86. The van der Waals surface area contributed by atoms with Crippen LogP contribution in [0.2, 0.25) is 0 Å². The summed E-state index contributed by atoms with van der Waals surface area (Å²) in [6, 6.07) is 13.7. The minimum Gasteiger partial charge on any atom is -0.504 e. The lowest BCUT2D eigenvalue weighted by molar-refractivity contribution is 0.371. The topological polar surface area (TPSA) is 72.0 Å². The average molecular weight is 356 g/mol. The SMILES string of the molecule is COc1cc(C2=Nc3ccccc3-c3ncnn4ccc2c34)cc(C)c1O. The Morgan fingerprint density at radius 2 is 1.93 bits per heavy atom. The molecular weight excluding hydrogens is 340 g/mol. The van der Waals surface area contributed by atoms with Gasteiger partial charge >= 0.3 is 0 Å². The van der Waals surface area contributed by atoms with E-state index in [1.807, 2.05) is 60.1 Å². The number of ether oxygens (including phenoxy) is 1. The molecule has 0 fully saturated rings. The third kappa shape index (κ3) is 2.23. The van der Waals surface area contributed by atoms with Gasteiger partial charge in [-0.2, -0.15) is 5.10 Å². The smallest absolute Gasteiger partial charge is 0.161 e. The summed E-state index contributed by atoms with van der Waals surface area (Å²) in [6.07, 6.45) is 3.46. The summed E-state index contributed by atoms with van der Waals surface area (Å²) in [4.78, 5) is 9.50. The standard InChI is InChI=1S/C21H16N4O2/c1-12-9-13(10-17(27-2)21(12)26)18-15-7-8-25-20(15)19(22-11-23-25)14-5-3-4-6-16(14)24-18/h3-11,26H,1-2H3. The summed E-state index contributed by atoms with van der Waals surface area (Å²) in [6.45, 7) is 1.85. The fourth-order valence-electron chi connectivity index (χ4n) is 3.55. The van der Waals surface area contributed by atoms with Crippen molar-refractivity contribution in [3.8, 4) is 22.8 Å². The van der Waals surface area contributed by atoms with Gasteiger partial charge in [-0.3, -0.25) is 0 Å². The molecule has 27 heavy (non-hydrogen) atoms. The number of aromatic hydroxyl groups is 1. The van der Waals surface area contributed by atoms with Gasteiger partial charge in [0, 0.05) is 22.9 Å². The normalized spacial score (nSPS) is 12.4. The van der Waals surface area contributed by atoms with Gasteiger partial charge in [-0.15, -0.1) is 0 Å². The van der Waals surface area contributed by atoms with Crippen LogP contribution in [-0.4, -0.2) is 32.5 Å². The van der Waals surface area contributed by atoms with Gasteiger partial charge in [-0.25, -0.2) is 14.5 Å². The molecule has 0 saturated heterocycles. The molecule has 0 radical (unpaired) electrons. The van der Waals surface area contributed by atoms with Crippen molar-refractivity contribution in [1.82, 2.24) is 14.6 Å². The highest BCUT2D eigenvalue weighted by molar-refractivity contribution is 6.21. The van der Waals surface area contributed by atoms with Crippen molar-refractivity contribution >= 4 is 16.9 Å². The molecule has 0 spiro atoms. The minimum atomic E-state index is 0.140. The Bertz CT molecular complexity index is 1240. The summed E-state index contributed by atoms with van der Waals surface area (Å²) in [5, 5.41) is 14.6. The molecule has 1 aliphatic rings. The molecule has 2 aromatic heterocycles. The first kappa shape index (κ1) is 15.6. The molecule has 1 aliphatic heterocycles. The van der Waals surface area contributed by atoms with E-state index in [1.165, 1.54) is 0 Å². The third-order valence-electron chi connectivity index (χ3n) is 4.86. The average Bonchev–Trinajstić information content (AvgIpc) is 3.06. The van der Waals surface area contributed by atoms with E-state index in [2.05, 4.69) is 10.1 Å². The number of para-hydroxylation sites is 1. The van der Waals surface area contributed by atoms with Crippen LogP contribution in [-0.2, 0) is 0 Å².